The molecule has 0 amide bonds. The van der Waals surface area contributed by atoms with Crippen LogP contribution < -0.4 is 0 Å². The second-order valence-electron chi connectivity index (χ2n) is 10.8. The van der Waals surface area contributed by atoms with Crippen LogP contribution in [-0.2, 0) is 4.79 Å². The van der Waals surface area contributed by atoms with Gasteiger partial charge in [-0.3, -0.25) is 4.79 Å². The van der Waals surface area contributed by atoms with Crippen LogP contribution in [0.4, 0.5) is 0 Å². The summed E-state index contributed by atoms with van der Waals surface area (Å²) in [6.07, 6.45) is 24.1. The van der Waals surface area contributed by atoms with Crippen molar-refractivity contribution >= 4 is 5.78 Å². The van der Waals surface area contributed by atoms with Crippen LogP contribution in [-0.4, -0.2) is 5.78 Å². The summed E-state index contributed by atoms with van der Waals surface area (Å²) in [5, 5.41) is 0. The molecule has 3 aliphatic rings. The summed E-state index contributed by atoms with van der Waals surface area (Å²) in [5.74, 6) is 4.16. The molecule has 0 aromatic carbocycles. The van der Waals surface area contributed by atoms with E-state index in [-0.39, 0.29) is 0 Å². The van der Waals surface area contributed by atoms with Crippen molar-refractivity contribution in [2.24, 2.45) is 29.6 Å². The summed E-state index contributed by atoms with van der Waals surface area (Å²) in [7, 11) is 0. The zero-order chi connectivity index (χ0) is 22.6. The van der Waals surface area contributed by atoms with E-state index in [9.17, 15) is 4.79 Å². The van der Waals surface area contributed by atoms with Gasteiger partial charge in [-0.05, 0) is 69.6 Å². The number of hydrogen-bond donors (Lipinski definition) is 0. The first kappa shape index (κ1) is 26.1. The predicted molar refractivity (Wildman–Crippen MR) is 136 cm³/mol. The molecule has 0 aromatic heterocycles. The average molecular weight is 427 g/mol. The fourth-order valence-corrected chi connectivity index (χ4v) is 5.62. The van der Waals surface area contributed by atoms with E-state index in [1.165, 1.54) is 102 Å². The van der Waals surface area contributed by atoms with Gasteiger partial charge < -0.3 is 0 Å². The van der Waals surface area contributed by atoms with E-state index in [1.807, 2.05) is 13.0 Å². The summed E-state index contributed by atoms with van der Waals surface area (Å²) in [4.78, 5) is 12.3. The molecule has 3 fully saturated rings. The first-order valence-electron chi connectivity index (χ1n) is 13.5. The maximum atomic E-state index is 12.3. The highest BCUT2D eigenvalue weighted by Gasteiger charge is 2.35. The van der Waals surface area contributed by atoms with Crippen molar-refractivity contribution in [1.82, 2.24) is 0 Å². The number of carbonyl (C=O) groups is 1. The Morgan fingerprint density at radius 2 is 1.42 bits per heavy atom. The zero-order valence-corrected chi connectivity index (χ0v) is 21.0. The molecule has 0 radical (unpaired) electrons. The number of hydrogen-bond acceptors (Lipinski definition) is 1. The SMILES string of the molecule is C=C(C)/C=C\C(=C)C(C)CCCC.O=C(C1CCC1)C1CCC(C2CCCCC2)CC1. The van der Waals surface area contributed by atoms with Crippen molar-refractivity contribution in [3.05, 3.63) is 36.5 Å². The zero-order valence-electron chi connectivity index (χ0n) is 21.0. The standard InChI is InChI=1S/C17H28O.C13H22/c18-17(15-7-4-8-15)16-11-9-14(10-12-16)13-5-2-1-3-6-13;1-6-7-8-12(4)13(5)10-9-11(2)3/h13-16H,1-12H2;9-10,12H,2,5-8H2,1,3-4H3/b;10-9-. The molecular formula is C30H50O. The molecule has 0 aromatic rings. The molecule has 176 valence electrons. The van der Waals surface area contributed by atoms with E-state index in [0.29, 0.717) is 23.5 Å². The lowest BCUT2D eigenvalue weighted by atomic mass is 9.67. The predicted octanol–water partition coefficient (Wildman–Crippen LogP) is 9.24. The summed E-state index contributed by atoms with van der Waals surface area (Å²) >= 11 is 0. The van der Waals surface area contributed by atoms with Crippen LogP contribution >= 0.6 is 0 Å². The van der Waals surface area contributed by atoms with Crippen molar-refractivity contribution in [1.29, 1.82) is 0 Å². The van der Waals surface area contributed by atoms with Gasteiger partial charge in [0.05, 0.1) is 0 Å². The van der Waals surface area contributed by atoms with Gasteiger partial charge in [0.1, 0.15) is 5.78 Å². The summed E-state index contributed by atoms with van der Waals surface area (Å²) in [5.41, 5.74) is 2.31. The van der Waals surface area contributed by atoms with Gasteiger partial charge in [0.25, 0.3) is 0 Å². The van der Waals surface area contributed by atoms with Gasteiger partial charge in [-0.15, -0.1) is 0 Å². The van der Waals surface area contributed by atoms with Crippen molar-refractivity contribution in [2.45, 2.75) is 117 Å². The lowest BCUT2D eigenvalue weighted by molar-refractivity contribution is -0.130. The number of rotatable bonds is 9. The Bertz CT molecular complexity index is 580. The number of Topliss-reactive ketones (excluding diaryl/α,β-unsaturated/α-hetero) is 1. The Balaban J connectivity index is 0.000000235. The van der Waals surface area contributed by atoms with Crippen LogP contribution in [0, 0.1) is 29.6 Å². The lowest BCUT2D eigenvalue weighted by Gasteiger charge is -2.37. The molecule has 1 nitrogen and oxygen atoms in total. The van der Waals surface area contributed by atoms with Crippen LogP contribution in [0.2, 0.25) is 0 Å². The molecule has 1 unspecified atom stereocenters. The minimum atomic E-state index is 0.454. The molecule has 31 heavy (non-hydrogen) atoms. The van der Waals surface area contributed by atoms with E-state index >= 15 is 0 Å². The normalized spacial score (nSPS) is 25.9. The molecule has 0 N–H and O–H groups in total. The van der Waals surface area contributed by atoms with Crippen molar-refractivity contribution in [3.8, 4) is 0 Å². The Hall–Kier alpha value is -1.11. The van der Waals surface area contributed by atoms with Crippen molar-refractivity contribution in [2.75, 3.05) is 0 Å². The second kappa shape index (κ2) is 14.1. The van der Waals surface area contributed by atoms with Crippen LogP contribution in [0.5, 0.6) is 0 Å². The van der Waals surface area contributed by atoms with Gasteiger partial charge in [-0.2, -0.15) is 0 Å². The number of carbonyl (C=O) groups excluding carboxylic acids is 1. The number of allylic oxidation sites excluding steroid dienone is 4. The summed E-state index contributed by atoms with van der Waals surface area (Å²) < 4.78 is 0. The van der Waals surface area contributed by atoms with Gasteiger partial charge in [-0.1, -0.05) is 102 Å². The molecular weight excluding hydrogens is 376 g/mol. The third-order valence-electron chi connectivity index (χ3n) is 8.20. The van der Waals surface area contributed by atoms with E-state index < -0.39 is 0 Å². The Labute approximate surface area is 193 Å². The number of unbranched alkanes of at least 4 members (excludes halogenated alkanes) is 1. The molecule has 3 saturated carbocycles. The van der Waals surface area contributed by atoms with Crippen molar-refractivity contribution in [3.63, 3.8) is 0 Å². The molecule has 1 atom stereocenters. The van der Waals surface area contributed by atoms with Gasteiger partial charge in [0.2, 0.25) is 0 Å². The lowest BCUT2D eigenvalue weighted by Crippen LogP contribution is -2.32. The third-order valence-corrected chi connectivity index (χ3v) is 8.20. The van der Waals surface area contributed by atoms with Crippen LogP contribution in [0.15, 0.2) is 36.5 Å². The molecule has 3 aliphatic carbocycles. The fraction of sp³-hybridized carbons (Fsp3) is 0.767. The van der Waals surface area contributed by atoms with E-state index in [4.69, 9.17) is 0 Å². The first-order valence-corrected chi connectivity index (χ1v) is 13.5. The molecule has 0 heterocycles. The minimum absolute atomic E-state index is 0.454. The Kier molecular flexibility index (Phi) is 11.9. The van der Waals surface area contributed by atoms with Crippen molar-refractivity contribution < 1.29 is 4.79 Å². The highest BCUT2D eigenvalue weighted by atomic mass is 16.1. The second-order valence-corrected chi connectivity index (χ2v) is 10.8. The maximum absolute atomic E-state index is 12.3. The maximum Gasteiger partial charge on any atom is 0.139 e. The molecule has 0 bridgehead atoms. The van der Waals surface area contributed by atoms with Gasteiger partial charge in [0.15, 0.2) is 0 Å². The fourth-order valence-electron chi connectivity index (χ4n) is 5.62. The Morgan fingerprint density at radius 1 is 0.839 bits per heavy atom. The third kappa shape index (κ3) is 9.11. The minimum Gasteiger partial charge on any atom is -0.299 e. The van der Waals surface area contributed by atoms with Crippen LogP contribution in [0.1, 0.15) is 117 Å². The highest BCUT2D eigenvalue weighted by Crippen LogP contribution is 2.42. The van der Waals surface area contributed by atoms with E-state index in [1.54, 1.807) is 0 Å². The van der Waals surface area contributed by atoms with Gasteiger partial charge in [-0.25, -0.2) is 0 Å². The molecule has 0 saturated heterocycles. The topological polar surface area (TPSA) is 17.1 Å². The monoisotopic (exact) mass is 426 g/mol. The molecule has 0 spiro atoms. The summed E-state index contributed by atoms with van der Waals surface area (Å²) in [6, 6.07) is 0. The van der Waals surface area contributed by atoms with Crippen LogP contribution in [0.25, 0.3) is 0 Å². The highest BCUT2D eigenvalue weighted by molar-refractivity contribution is 5.84. The molecule has 3 rings (SSSR count). The van der Waals surface area contributed by atoms with Gasteiger partial charge in [0, 0.05) is 11.8 Å². The quantitative estimate of drug-likeness (QED) is 0.336. The molecule has 0 aliphatic heterocycles. The average Bonchev–Trinajstić information content (AvgIpc) is 2.75. The largest absolute Gasteiger partial charge is 0.299 e. The van der Waals surface area contributed by atoms with Gasteiger partial charge >= 0.3 is 0 Å². The first-order chi connectivity index (χ1) is 14.9. The number of ketones is 1. The van der Waals surface area contributed by atoms with E-state index in [0.717, 1.165) is 17.4 Å². The molecule has 1 heteroatoms. The summed E-state index contributed by atoms with van der Waals surface area (Å²) in [6.45, 7) is 14.3. The van der Waals surface area contributed by atoms with E-state index in [2.05, 4.69) is 33.1 Å². The van der Waals surface area contributed by atoms with Crippen LogP contribution in [0.3, 0.4) is 0 Å². The Morgan fingerprint density at radius 3 is 1.94 bits per heavy atom. The smallest absolute Gasteiger partial charge is 0.139 e.